The first kappa shape index (κ1) is 14.1. The van der Waals surface area contributed by atoms with Crippen molar-refractivity contribution >= 4 is 21.4 Å². The lowest BCUT2D eigenvalue weighted by Gasteiger charge is -2.20. The highest BCUT2D eigenvalue weighted by molar-refractivity contribution is 7.19. The summed E-state index contributed by atoms with van der Waals surface area (Å²) in [5, 5.41) is 5.03. The van der Waals surface area contributed by atoms with E-state index in [0.717, 1.165) is 12.8 Å². The zero-order valence-electron chi connectivity index (χ0n) is 11.9. The fraction of sp³-hybridized carbons (Fsp3) is 0.412. The number of hydrogen-bond acceptors (Lipinski definition) is 2. The highest BCUT2D eigenvalue weighted by atomic mass is 32.1. The van der Waals surface area contributed by atoms with Crippen LogP contribution in [-0.2, 0) is 0 Å². The van der Waals surface area contributed by atoms with E-state index in [1.54, 1.807) is 0 Å². The number of benzene rings is 1. The van der Waals surface area contributed by atoms with Crippen LogP contribution < -0.4 is 5.32 Å². The average Bonchev–Trinajstić information content (AvgIpc) is 2.76. The molecule has 0 radical (unpaired) electrons. The lowest BCUT2D eigenvalue weighted by molar-refractivity contribution is 0.452. The summed E-state index contributed by atoms with van der Waals surface area (Å²) in [6.45, 7) is 6.63. The van der Waals surface area contributed by atoms with Crippen molar-refractivity contribution in [2.45, 2.75) is 45.7 Å². The molecule has 2 aromatic rings. The molecule has 1 N–H and O–H groups in total. The second-order valence-corrected chi connectivity index (χ2v) is 6.07. The van der Waals surface area contributed by atoms with Crippen molar-refractivity contribution in [1.29, 1.82) is 0 Å². The van der Waals surface area contributed by atoms with E-state index in [-0.39, 0.29) is 0 Å². The van der Waals surface area contributed by atoms with Gasteiger partial charge < -0.3 is 5.32 Å². The Kier molecular flexibility index (Phi) is 4.63. The normalized spacial score (nSPS) is 14.2. The SMILES string of the molecule is C#CCC(CC)NC(C)c1sc2ccccc2c1C. The van der Waals surface area contributed by atoms with Crippen LogP contribution in [0.1, 0.15) is 43.2 Å². The Bertz CT molecular complexity index is 591. The van der Waals surface area contributed by atoms with Crippen LogP contribution in [0, 0.1) is 19.3 Å². The molecule has 0 saturated carbocycles. The molecule has 1 aromatic heterocycles. The van der Waals surface area contributed by atoms with Gasteiger partial charge in [0.15, 0.2) is 0 Å². The van der Waals surface area contributed by atoms with Crippen LogP contribution >= 0.6 is 11.3 Å². The van der Waals surface area contributed by atoms with E-state index >= 15 is 0 Å². The predicted molar refractivity (Wildman–Crippen MR) is 85.6 cm³/mol. The number of hydrogen-bond donors (Lipinski definition) is 1. The highest BCUT2D eigenvalue weighted by Crippen LogP contribution is 2.34. The van der Waals surface area contributed by atoms with Gasteiger partial charge in [-0.2, -0.15) is 0 Å². The summed E-state index contributed by atoms with van der Waals surface area (Å²) in [4.78, 5) is 1.43. The molecule has 2 unspecified atom stereocenters. The Morgan fingerprint density at radius 2 is 2.11 bits per heavy atom. The smallest absolute Gasteiger partial charge is 0.0391 e. The fourth-order valence-electron chi connectivity index (χ4n) is 2.50. The van der Waals surface area contributed by atoms with Crippen molar-refractivity contribution in [3.05, 3.63) is 34.7 Å². The van der Waals surface area contributed by atoms with Crippen molar-refractivity contribution < 1.29 is 0 Å². The van der Waals surface area contributed by atoms with Gasteiger partial charge in [0.05, 0.1) is 0 Å². The van der Waals surface area contributed by atoms with Crippen molar-refractivity contribution in [2.75, 3.05) is 0 Å². The topological polar surface area (TPSA) is 12.0 Å². The first-order valence-electron chi connectivity index (χ1n) is 6.84. The molecule has 2 heteroatoms. The molecule has 2 rings (SSSR count). The molecule has 2 atom stereocenters. The van der Waals surface area contributed by atoms with Crippen LogP contribution in [-0.4, -0.2) is 6.04 Å². The van der Waals surface area contributed by atoms with Crippen molar-refractivity contribution in [3.63, 3.8) is 0 Å². The van der Waals surface area contributed by atoms with Gasteiger partial charge in [-0.15, -0.1) is 23.7 Å². The Labute approximate surface area is 120 Å². The first-order valence-corrected chi connectivity index (χ1v) is 7.66. The zero-order chi connectivity index (χ0) is 13.8. The predicted octanol–water partition coefficient (Wildman–Crippen LogP) is 4.66. The monoisotopic (exact) mass is 271 g/mol. The third kappa shape index (κ3) is 3.00. The molecule has 1 nitrogen and oxygen atoms in total. The number of fused-ring (bicyclic) bond motifs is 1. The molecule has 19 heavy (non-hydrogen) atoms. The first-order chi connectivity index (χ1) is 9.17. The molecule has 0 aliphatic heterocycles. The van der Waals surface area contributed by atoms with Gasteiger partial charge in [0.25, 0.3) is 0 Å². The summed E-state index contributed by atoms with van der Waals surface area (Å²) in [6.07, 6.45) is 7.29. The largest absolute Gasteiger partial charge is 0.306 e. The zero-order valence-corrected chi connectivity index (χ0v) is 12.7. The lowest BCUT2D eigenvalue weighted by atomic mass is 10.1. The van der Waals surface area contributed by atoms with Gasteiger partial charge in [0.2, 0.25) is 0 Å². The van der Waals surface area contributed by atoms with E-state index < -0.39 is 0 Å². The van der Waals surface area contributed by atoms with Crippen molar-refractivity contribution in [3.8, 4) is 12.3 Å². The summed E-state index contributed by atoms with van der Waals surface area (Å²) < 4.78 is 1.37. The summed E-state index contributed by atoms with van der Waals surface area (Å²) in [7, 11) is 0. The minimum atomic E-state index is 0.357. The van der Waals surface area contributed by atoms with Gasteiger partial charge >= 0.3 is 0 Å². The third-order valence-corrected chi connectivity index (χ3v) is 5.07. The summed E-state index contributed by atoms with van der Waals surface area (Å²) >= 11 is 1.89. The Hall–Kier alpha value is -1.30. The van der Waals surface area contributed by atoms with Crippen LogP contribution in [0.4, 0.5) is 0 Å². The Morgan fingerprint density at radius 1 is 1.37 bits per heavy atom. The summed E-state index contributed by atoms with van der Waals surface area (Å²) in [5.41, 5.74) is 1.40. The number of terminal acetylenes is 1. The van der Waals surface area contributed by atoms with E-state index in [1.165, 1.54) is 20.5 Å². The van der Waals surface area contributed by atoms with Crippen molar-refractivity contribution in [1.82, 2.24) is 5.32 Å². The second kappa shape index (κ2) is 6.23. The number of aryl methyl sites for hydroxylation is 1. The Morgan fingerprint density at radius 3 is 2.74 bits per heavy atom. The van der Waals surface area contributed by atoms with Gasteiger partial charge in [0, 0.05) is 28.1 Å². The maximum Gasteiger partial charge on any atom is 0.0391 e. The number of rotatable bonds is 5. The molecule has 0 amide bonds. The molecular formula is C17H21NS. The summed E-state index contributed by atoms with van der Waals surface area (Å²) in [6, 6.07) is 9.38. The van der Waals surface area contributed by atoms with Gasteiger partial charge in [-0.25, -0.2) is 0 Å². The van der Waals surface area contributed by atoms with Gasteiger partial charge in [-0.3, -0.25) is 0 Å². The molecule has 100 valence electrons. The minimum Gasteiger partial charge on any atom is -0.306 e. The maximum atomic E-state index is 5.42. The number of thiophene rings is 1. The second-order valence-electron chi connectivity index (χ2n) is 4.99. The third-order valence-electron chi connectivity index (χ3n) is 3.62. The van der Waals surface area contributed by atoms with Gasteiger partial charge in [-0.1, -0.05) is 25.1 Å². The number of nitrogens with one attached hydrogen (secondary N) is 1. The van der Waals surface area contributed by atoms with Gasteiger partial charge in [0.1, 0.15) is 0 Å². The van der Waals surface area contributed by atoms with Crippen molar-refractivity contribution in [2.24, 2.45) is 0 Å². The van der Waals surface area contributed by atoms with Crippen LogP contribution in [0.25, 0.3) is 10.1 Å². The molecule has 0 aliphatic carbocycles. The van der Waals surface area contributed by atoms with Crippen LogP contribution in [0.5, 0.6) is 0 Å². The molecule has 1 heterocycles. The molecule has 1 aromatic carbocycles. The van der Waals surface area contributed by atoms with E-state index in [4.69, 9.17) is 6.42 Å². The molecular weight excluding hydrogens is 250 g/mol. The molecule has 0 bridgehead atoms. The van der Waals surface area contributed by atoms with E-state index in [1.807, 2.05) is 11.3 Å². The maximum absolute atomic E-state index is 5.42. The Balaban J connectivity index is 2.24. The fourth-order valence-corrected chi connectivity index (χ4v) is 3.72. The highest BCUT2D eigenvalue weighted by Gasteiger charge is 2.16. The molecule has 0 aliphatic rings. The van der Waals surface area contributed by atoms with Gasteiger partial charge in [-0.05, 0) is 37.3 Å². The average molecular weight is 271 g/mol. The van der Waals surface area contributed by atoms with Crippen LogP contribution in [0.3, 0.4) is 0 Å². The van der Waals surface area contributed by atoms with Crippen LogP contribution in [0.2, 0.25) is 0 Å². The van der Waals surface area contributed by atoms with E-state index in [2.05, 4.69) is 56.3 Å². The molecule has 0 saturated heterocycles. The van der Waals surface area contributed by atoms with Crippen LogP contribution in [0.15, 0.2) is 24.3 Å². The molecule has 0 fully saturated rings. The summed E-state index contributed by atoms with van der Waals surface area (Å²) in [5.74, 6) is 2.76. The quantitative estimate of drug-likeness (QED) is 0.780. The lowest BCUT2D eigenvalue weighted by Crippen LogP contribution is -2.30. The van der Waals surface area contributed by atoms with E-state index in [9.17, 15) is 0 Å². The standard InChI is InChI=1S/C17H21NS/c1-5-9-14(6-2)18-13(4)17-12(3)15-10-7-8-11-16(15)19-17/h1,7-8,10-11,13-14,18H,6,9H2,2-4H3. The van der Waals surface area contributed by atoms with E-state index in [0.29, 0.717) is 12.1 Å². The minimum absolute atomic E-state index is 0.357. The molecule has 0 spiro atoms.